The molecular weight excluding hydrogens is 146 g/mol. The van der Waals surface area contributed by atoms with Crippen molar-refractivity contribution < 1.29 is 14.6 Å². The van der Waals surface area contributed by atoms with Gasteiger partial charge < -0.3 is 15.6 Å². The Balaban J connectivity index is 3.70. The molecule has 0 bridgehead atoms. The molecule has 0 aromatic heterocycles. The van der Waals surface area contributed by atoms with Gasteiger partial charge in [-0.2, -0.15) is 0 Å². The fraction of sp³-hybridized carbons (Fsp3) is 0.857. The summed E-state index contributed by atoms with van der Waals surface area (Å²) in [6.45, 7) is 2.00. The smallest absolute Gasteiger partial charge is 0.220 e. The highest BCUT2D eigenvalue weighted by Gasteiger charge is 2.22. The standard InChI is InChI=1S/C7H15NO3/c1-7(10,3-4-11-2)5-6(8)9/h10H,3-5H2,1-2H3,(H2,8,9). The van der Waals surface area contributed by atoms with E-state index in [-0.39, 0.29) is 6.42 Å². The largest absolute Gasteiger partial charge is 0.390 e. The summed E-state index contributed by atoms with van der Waals surface area (Å²) < 4.78 is 4.75. The van der Waals surface area contributed by atoms with Gasteiger partial charge in [0.15, 0.2) is 0 Å². The maximum absolute atomic E-state index is 10.4. The van der Waals surface area contributed by atoms with Gasteiger partial charge in [-0.05, 0) is 13.3 Å². The third-order valence-corrected chi connectivity index (χ3v) is 1.40. The highest BCUT2D eigenvalue weighted by atomic mass is 16.5. The first-order valence-electron chi connectivity index (χ1n) is 3.47. The van der Waals surface area contributed by atoms with Crippen LogP contribution < -0.4 is 5.73 Å². The van der Waals surface area contributed by atoms with E-state index in [0.717, 1.165) is 0 Å². The molecule has 0 rings (SSSR count). The van der Waals surface area contributed by atoms with E-state index in [1.54, 1.807) is 14.0 Å². The molecule has 0 aliphatic carbocycles. The molecule has 1 amide bonds. The second kappa shape index (κ2) is 4.31. The maximum Gasteiger partial charge on any atom is 0.220 e. The van der Waals surface area contributed by atoms with Gasteiger partial charge in [0.1, 0.15) is 0 Å². The van der Waals surface area contributed by atoms with E-state index in [0.29, 0.717) is 13.0 Å². The number of methoxy groups -OCH3 is 1. The molecule has 0 heterocycles. The van der Waals surface area contributed by atoms with Crippen molar-refractivity contribution in [1.82, 2.24) is 0 Å². The minimum atomic E-state index is -1.03. The van der Waals surface area contributed by atoms with E-state index in [2.05, 4.69) is 0 Å². The van der Waals surface area contributed by atoms with E-state index in [9.17, 15) is 9.90 Å². The number of carbonyl (C=O) groups is 1. The van der Waals surface area contributed by atoms with Crippen LogP contribution in [0.3, 0.4) is 0 Å². The lowest BCUT2D eigenvalue weighted by Crippen LogP contribution is -2.32. The van der Waals surface area contributed by atoms with Crippen molar-refractivity contribution in [3.63, 3.8) is 0 Å². The Labute approximate surface area is 66.3 Å². The minimum absolute atomic E-state index is 0.0175. The number of amides is 1. The van der Waals surface area contributed by atoms with Crippen LogP contribution in [0.4, 0.5) is 0 Å². The molecule has 4 nitrogen and oxygen atoms in total. The molecule has 0 saturated heterocycles. The van der Waals surface area contributed by atoms with Gasteiger partial charge in [-0.25, -0.2) is 0 Å². The van der Waals surface area contributed by atoms with E-state index >= 15 is 0 Å². The molecular formula is C7H15NO3. The zero-order chi connectivity index (χ0) is 8.91. The van der Waals surface area contributed by atoms with Crippen LogP contribution in [-0.2, 0) is 9.53 Å². The summed E-state index contributed by atoms with van der Waals surface area (Å²) in [7, 11) is 1.54. The van der Waals surface area contributed by atoms with Crippen molar-refractivity contribution in [2.24, 2.45) is 5.73 Å². The van der Waals surface area contributed by atoms with Gasteiger partial charge in [-0.1, -0.05) is 0 Å². The van der Waals surface area contributed by atoms with Crippen molar-refractivity contribution in [3.8, 4) is 0 Å². The maximum atomic E-state index is 10.4. The highest BCUT2D eigenvalue weighted by Crippen LogP contribution is 2.13. The van der Waals surface area contributed by atoms with Crippen molar-refractivity contribution in [2.75, 3.05) is 13.7 Å². The molecule has 11 heavy (non-hydrogen) atoms. The Morgan fingerprint density at radius 2 is 2.27 bits per heavy atom. The van der Waals surface area contributed by atoms with Crippen molar-refractivity contribution in [3.05, 3.63) is 0 Å². The zero-order valence-electron chi connectivity index (χ0n) is 6.96. The van der Waals surface area contributed by atoms with E-state index in [1.165, 1.54) is 0 Å². The Morgan fingerprint density at radius 1 is 1.73 bits per heavy atom. The van der Waals surface area contributed by atoms with Gasteiger partial charge in [-0.3, -0.25) is 4.79 Å². The van der Waals surface area contributed by atoms with Crippen LogP contribution in [0.5, 0.6) is 0 Å². The van der Waals surface area contributed by atoms with Crippen LogP contribution in [0.25, 0.3) is 0 Å². The number of carbonyl (C=O) groups excluding carboxylic acids is 1. The predicted molar refractivity (Wildman–Crippen MR) is 40.9 cm³/mol. The summed E-state index contributed by atoms with van der Waals surface area (Å²) in [5.74, 6) is -0.494. The van der Waals surface area contributed by atoms with E-state index in [1.807, 2.05) is 0 Å². The summed E-state index contributed by atoms with van der Waals surface area (Å²) in [6, 6.07) is 0. The van der Waals surface area contributed by atoms with Gasteiger partial charge >= 0.3 is 0 Å². The van der Waals surface area contributed by atoms with Gasteiger partial charge in [0.2, 0.25) is 5.91 Å². The normalized spacial score (nSPS) is 15.9. The Kier molecular flexibility index (Phi) is 4.07. The summed E-state index contributed by atoms with van der Waals surface area (Å²) in [5, 5.41) is 9.44. The number of nitrogens with two attached hydrogens (primary N) is 1. The number of hydrogen-bond acceptors (Lipinski definition) is 3. The molecule has 0 aliphatic rings. The predicted octanol–water partition coefficient (Wildman–Crippen LogP) is -0.351. The first-order valence-corrected chi connectivity index (χ1v) is 3.47. The number of ether oxygens (including phenoxy) is 1. The van der Waals surface area contributed by atoms with Gasteiger partial charge in [0.05, 0.1) is 12.0 Å². The van der Waals surface area contributed by atoms with Crippen molar-refractivity contribution in [2.45, 2.75) is 25.4 Å². The quantitative estimate of drug-likeness (QED) is 0.578. The lowest BCUT2D eigenvalue weighted by atomic mass is 9.98. The van der Waals surface area contributed by atoms with E-state index < -0.39 is 11.5 Å². The highest BCUT2D eigenvalue weighted by molar-refractivity contribution is 5.74. The molecule has 0 radical (unpaired) electrons. The van der Waals surface area contributed by atoms with Gasteiger partial charge in [-0.15, -0.1) is 0 Å². The molecule has 1 atom stereocenters. The Morgan fingerprint density at radius 3 is 2.64 bits per heavy atom. The monoisotopic (exact) mass is 161 g/mol. The first-order chi connectivity index (χ1) is 4.98. The molecule has 0 aromatic rings. The topological polar surface area (TPSA) is 72.6 Å². The van der Waals surface area contributed by atoms with E-state index in [4.69, 9.17) is 10.5 Å². The first kappa shape index (κ1) is 10.4. The minimum Gasteiger partial charge on any atom is -0.390 e. The van der Waals surface area contributed by atoms with Crippen LogP contribution in [0.1, 0.15) is 19.8 Å². The van der Waals surface area contributed by atoms with Crippen LogP contribution in [0, 0.1) is 0 Å². The number of primary amides is 1. The van der Waals surface area contributed by atoms with Crippen LogP contribution >= 0.6 is 0 Å². The van der Waals surface area contributed by atoms with Crippen LogP contribution in [0.2, 0.25) is 0 Å². The second-order valence-electron chi connectivity index (χ2n) is 2.88. The summed E-state index contributed by atoms with van der Waals surface area (Å²) in [4.78, 5) is 10.4. The van der Waals surface area contributed by atoms with Crippen molar-refractivity contribution in [1.29, 1.82) is 0 Å². The third-order valence-electron chi connectivity index (χ3n) is 1.40. The fourth-order valence-corrected chi connectivity index (χ4v) is 0.786. The second-order valence-corrected chi connectivity index (χ2v) is 2.88. The lowest BCUT2D eigenvalue weighted by molar-refractivity contribution is -0.122. The number of hydrogen-bond donors (Lipinski definition) is 2. The van der Waals surface area contributed by atoms with Crippen LogP contribution in [-0.4, -0.2) is 30.3 Å². The summed E-state index contributed by atoms with van der Waals surface area (Å²) in [6.07, 6.45) is 0.406. The molecule has 4 heteroatoms. The molecule has 0 aliphatic heterocycles. The molecule has 0 aromatic carbocycles. The molecule has 0 fully saturated rings. The fourth-order valence-electron chi connectivity index (χ4n) is 0.786. The summed E-state index contributed by atoms with van der Waals surface area (Å²) >= 11 is 0. The molecule has 66 valence electrons. The zero-order valence-corrected chi connectivity index (χ0v) is 6.96. The van der Waals surface area contributed by atoms with Crippen LogP contribution in [0.15, 0.2) is 0 Å². The molecule has 1 unspecified atom stereocenters. The van der Waals surface area contributed by atoms with Crippen molar-refractivity contribution >= 4 is 5.91 Å². The number of rotatable bonds is 5. The summed E-state index contributed by atoms with van der Waals surface area (Å²) in [5.41, 5.74) is 3.88. The molecule has 0 saturated carbocycles. The average Bonchev–Trinajstić information content (AvgIpc) is 1.81. The average molecular weight is 161 g/mol. The molecule has 3 N–H and O–H groups in total. The van der Waals surface area contributed by atoms with Gasteiger partial charge in [0.25, 0.3) is 0 Å². The molecule has 0 spiro atoms. The lowest BCUT2D eigenvalue weighted by Gasteiger charge is -2.20. The third kappa shape index (κ3) is 5.82. The van der Waals surface area contributed by atoms with Gasteiger partial charge in [0, 0.05) is 13.7 Å². The Bertz CT molecular complexity index is 134. The SMILES string of the molecule is COCCC(C)(O)CC(N)=O. The number of aliphatic hydroxyl groups is 1. The Hall–Kier alpha value is -0.610.